The van der Waals surface area contributed by atoms with Gasteiger partial charge in [-0.05, 0) is 24.3 Å². The summed E-state index contributed by atoms with van der Waals surface area (Å²) in [6.07, 6.45) is 0. The van der Waals surface area contributed by atoms with E-state index < -0.39 is 35.7 Å². The van der Waals surface area contributed by atoms with E-state index in [4.69, 9.17) is 9.47 Å². The molecule has 8 heteroatoms. The molecular formula is C18H18F2N2O4. The smallest absolute Gasteiger partial charge is 0.244 e. The summed E-state index contributed by atoms with van der Waals surface area (Å²) in [6.45, 7) is 0.551. The quantitative estimate of drug-likeness (QED) is 0.856. The minimum atomic E-state index is -0.935. The van der Waals surface area contributed by atoms with Gasteiger partial charge in [-0.1, -0.05) is 6.07 Å². The highest BCUT2D eigenvalue weighted by atomic mass is 19.1. The summed E-state index contributed by atoms with van der Waals surface area (Å²) in [6, 6.07) is 7.93. The number of nitrogens with zero attached hydrogens (tertiary/aromatic N) is 1. The number of benzene rings is 2. The van der Waals surface area contributed by atoms with Gasteiger partial charge in [-0.3, -0.25) is 14.5 Å². The summed E-state index contributed by atoms with van der Waals surface area (Å²) in [5.41, 5.74) is -0.243. The van der Waals surface area contributed by atoms with Crippen LogP contribution in [0.15, 0.2) is 36.4 Å². The number of hydrogen-bond donors (Lipinski definition) is 1. The predicted octanol–water partition coefficient (Wildman–Crippen LogP) is 2.97. The Morgan fingerprint density at radius 3 is 2.27 bits per heavy atom. The van der Waals surface area contributed by atoms with E-state index in [0.717, 1.165) is 24.0 Å². The maximum atomic E-state index is 13.9. The SMILES string of the molecule is COc1ccc(NC(=O)CN(C(C)=O)c2c(F)cccc2F)c(OC)c1. The fourth-order valence-corrected chi connectivity index (χ4v) is 2.33. The first-order valence-corrected chi connectivity index (χ1v) is 7.61. The lowest BCUT2D eigenvalue weighted by Gasteiger charge is -2.22. The van der Waals surface area contributed by atoms with E-state index in [1.807, 2.05) is 0 Å². The summed E-state index contributed by atoms with van der Waals surface area (Å²) in [7, 11) is 2.90. The van der Waals surface area contributed by atoms with Crippen LogP contribution in [0.1, 0.15) is 6.92 Å². The molecule has 2 aromatic rings. The van der Waals surface area contributed by atoms with Crippen LogP contribution in [0.25, 0.3) is 0 Å². The lowest BCUT2D eigenvalue weighted by molar-refractivity contribution is -0.120. The van der Waals surface area contributed by atoms with Gasteiger partial charge in [-0.15, -0.1) is 0 Å². The third-order valence-corrected chi connectivity index (χ3v) is 3.57. The van der Waals surface area contributed by atoms with Crippen molar-refractivity contribution in [1.29, 1.82) is 0 Å². The van der Waals surface area contributed by atoms with Gasteiger partial charge < -0.3 is 14.8 Å². The third-order valence-electron chi connectivity index (χ3n) is 3.57. The Morgan fingerprint density at radius 1 is 1.08 bits per heavy atom. The number of ether oxygens (including phenoxy) is 2. The number of nitrogens with one attached hydrogen (secondary N) is 1. The molecule has 0 aromatic heterocycles. The lowest BCUT2D eigenvalue weighted by atomic mass is 10.2. The highest BCUT2D eigenvalue weighted by molar-refractivity contribution is 6.02. The molecule has 0 aliphatic carbocycles. The molecule has 0 bridgehead atoms. The zero-order valence-corrected chi connectivity index (χ0v) is 14.5. The van der Waals surface area contributed by atoms with Gasteiger partial charge in [0.1, 0.15) is 35.4 Å². The molecule has 0 saturated carbocycles. The summed E-state index contributed by atoms with van der Waals surface area (Å²) >= 11 is 0. The highest BCUT2D eigenvalue weighted by Gasteiger charge is 2.23. The first-order chi connectivity index (χ1) is 12.4. The average Bonchev–Trinajstić information content (AvgIpc) is 2.60. The largest absolute Gasteiger partial charge is 0.497 e. The van der Waals surface area contributed by atoms with Crippen molar-refractivity contribution in [2.45, 2.75) is 6.92 Å². The van der Waals surface area contributed by atoms with Gasteiger partial charge in [-0.2, -0.15) is 0 Å². The Morgan fingerprint density at radius 2 is 1.73 bits per heavy atom. The molecule has 26 heavy (non-hydrogen) atoms. The van der Waals surface area contributed by atoms with Crippen molar-refractivity contribution in [3.63, 3.8) is 0 Å². The van der Waals surface area contributed by atoms with Crippen molar-refractivity contribution >= 4 is 23.2 Å². The number of para-hydroxylation sites is 1. The lowest BCUT2D eigenvalue weighted by Crippen LogP contribution is -2.37. The summed E-state index contributed by atoms with van der Waals surface area (Å²) in [4.78, 5) is 24.9. The van der Waals surface area contributed by atoms with E-state index in [9.17, 15) is 18.4 Å². The molecule has 0 heterocycles. The van der Waals surface area contributed by atoms with Crippen molar-refractivity contribution in [3.8, 4) is 11.5 Å². The van der Waals surface area contributed by atoms with Crippen LogP contribution in [-0.2, 0) is 9.59 Å². The fourth-order valence-electron chi connectivity index (χ4n) is 2.33. The fraction of sp³-hybridized carbons (Fsp3) is 0.222. The van der Waals surface area contributed by atoms with Crippen molar-refractivity contribution < 1.29 is 27.8 Å². The number of methoxy groups -OCH3 is 2. The second-order valence-electron chi connectivity index (χ2n) is 5.29. The Hall–Kier alpha value is -3.16. The second kappa shape index (κ2) is 8.28. The Bertz CT molecular complexity index is 807. The number of halogens is 2. The molecule has 0 aliphatic heterocycles. The summed E-state index contributed by atoms with van der Waals surface area (Å²) in [5, 5.41) is 2.55. The van der Waals surface area contributed by atoms with Crippen LogP contribution >= 0.6 is 0 Å². The van der Waals surface area contributed by atoms with Crippen molar-refractivity contribution in [2.24, 2.45) is 0 Å². The van der Waals surface area contributed by atoms with E-state index in [-0.39, 0.29) is 0 Å². The average molecular weight is 364 g/mol. The minimum absolute atomic E-state index is 0.329. The summed E-state index contributed by atoms with van der Waals surface area (Å²) in [5.74, 6) is -2.33. The number of anilines is 2. The van der Waals surface area contributed by atoms with Crippen LogP contribution < -0.4 is 19.7 Å². The first kappa shape index (κ1) is 19.2. The molecule has 2 amide bonds. The zero-order valence-electron chi connectivity index (χ0n) is 14.5. The van der Waals surface area contributed by atoms with Gasteiger partial charge >= 0.3 is 0 Å². The van der Waals surface area contributed by atoms with Crippen LogP contribution in [0.3, 0.4) is 0 Å². The van der Waals surface area contributed by atoms with Crippen LogP contribution in [-0.4, -0.2) is 32.6 Å². The normalized spacial score (nSPS) is 10.2. The Kier molecular flexibility index (Phi) is 6.11. The number of carbonyl (C=O) groups is 2. The topological polar surface area (TPSA) is 67.9 Å². The molecule has 0 radical (unpaired) electrons. The first-order valence-electron chi connectivity index (χ1n) is 7.61. The molecule has 2 aromatic carbocycles. The maximum Gasteiger partial charge on any atom is 0.244 e. The molecule has 0 fully saturated rings. The molecule has 0 saturated heterocycles. The van der Waals surface area contributed by atoms with E-state index in [0.29, 0.717) is 17.2 Å². The molecule has 0 aliphatic rings. The van der Waals surface area contributed by atoms with E-state index >= 15 is 0 Å². The molecule has 138 valence electrons. The van der Waals surface area contributed by atoms with E-state index in [1.165, 1.54) is 20.3 Å². The standard InChI is InChI=1S/C18H18F2N2O4/c1-11(23)22(18-13(19)5-4-6-14(18)20)10-17(24)21-15-8-7-12(25-2)9-16(15)26-3/h4-9H,10H2,1-3H3,(H,21,24). The van der Waals surface area contributed by atoms with E-state index in [2.05, 4.69) is 5.32 Å². The molecule has 0 unspecified atom stereocenters. The van der Waals surface area contributed by atoms with Crippen LogP contribution in [0, 0.1) is 11.6 Å². The van der Waals surface area contributed by atoms with Crippen molar-refractivity contribution in [1.82, 2.24) is 0 Å². The zero-order chi connectivity index (χ0) is 19.3. The van der Waals surface area contributed by atoms with Crippen LogP contribution in [0.5, 0.6) is 11.5 Å². The van der Waals surface area contributed by atoms with Gasteiger partial charge in [0.25, 0.3) is 0 Å². The van der Waals surface area contributed by atoms with Gasteiger partial charge in [-0.25, -0.2) is 8.78 Å². The maximum absolute atomic E-state index is 13.9. The van der Waals surface area contributed by atoms with Gasteiger partial charge in [0.15, 0.2) is 0 Å². The van der Waals surface area contributed by atoms with Gasteiger partial charge in [0, 0.05) is 13.0 Å². The predicted molar refractivity (Wildman–Crippen MR) is 92.6 cm³/mol. The number of hydrogen-bond acceptors (Lipinski definition) is 4. The molecule has 0 spiro atoms. The van der Waals surface area contributed by atoms with Gasteiger partial charge in [0.2, 0.25) is 11.8 Å². The Labute approximate surface area is 149 Å². The van der Waals surface area contributed by atoms with Crippen LogP contribution in [0.2, 0.25) is 0 Å². The van der Waals surface area contributed by atoms with E-state index in [1.54, 1.807) is 18.2 Å². The highest BCUT2D eigenvalue weighted by Crippen LogP contribution is 2.29. The third kappa shape index (κ3) is 4.27. The van der Waals surface area contributed by atoms with Crippen molar-refractivity contribution in [2.75, 3.05) is 31.0 Å². The minimum Gasteiger partial charge on any atom is -0.497 e. The van der Waals surface area contributed by atoms with Gasteiger partial charge in [0.05, 0.1) is 19.9 Å². The second-order valence-corrected chi connectivity index (χ2v) is 5.29. The molecule has 1 N–H and O–H groups in total. The molecule has 6 nitrogen and oxygen atoms in total. The molecular weight excluding hydrogens is 346 g/mol. The molecule has 0 atom stereocenters. The number of carbonyl (C=O) groups excluding carboxylic acids is 2. The number of amides is 2. The van der Waals surface area contributed by atoms with Crippen LogP contribution in [0.4, 0.5) is 20.2 Å². The molecule has 2 rings (SSSR count). The van der Waals surface area contributed by atoms with Crippen molar-refractivity contribution in [3.05, 3.63) is 48.0 Å². The number of rotatable bonds is 6. The summed E-state index contributed by atoms with van der Waals surface area (Å²) < 4.78 is 38.1. The Balaban J connectivity index is 2.23. The monoisotopic (exact) mass is 364 g/mol.